The maximum atomic E-state index is 10.1. The van der Waals surface area contributed by atoms with Crippen molar-refractivity contribution in [3.63, 3.8) is 0 Å². The largest absolute Gasteiger partial charge is 0.458 e. The van der Waals surface area contributed by atoms with Gasteiger partial charge in [-0.25, -0.2) is 0 Å². The molecular formula is C9H9ClO2. The number of carbonyl (C=O) groups excluding carboxylic acids is 1. The lowest BCUT2D eigenvalue weighted by Crippen LogP contribution is -2.04. The molecule has 0 aliphatic heterocycles. The molecule has 1 unspecified atom stereocenters. The first-order valence-electron chi connectivity index (χ1n) is 3.58. The van der Waals surface area contributed by atoms with Gasteiger partial charge in [-0.1, -0.05) is 30.3 Å². The number of alkyl halides is 1. The van der Waals surface area contributed by atoms with Crippen molar-refractivity contribution in [1.82, 2.24) is 0 Å². The fourth-order valence-corrected chi connectivity index (χ4v) is 1.19. The van der Waals surface area contributed by atoms with Crippen LogP contribution in [-0.4, -0.2) is 12.4 Å². The van der Waals surface area contributed by atoms with E-state index in [1.165, 1.54) is 0 Å². The minimum absolute atomic E-state index is 0.281. The van der Waals surface area contributed by atoms with E-state index in [1.54, 1.807) is 0 Å². The van der Waals surface area contributed by atoms with Crippen molar-refractivity contribution in [3.8, 4) is 0 Å². The van der Waals surface area contributed by atoms with Crippen molar-refractivity contribution in [2.75, 3.05) is 5.88 Å². The van der Waals surface area contributed by atoms with Gasteiger partial charge < -0.3 is 4.74 Å². The molecule has 0 fully saturated rings. The fraction of sp³-hybridized carbons (Fsp3) is 0.222. The lowest BCUT2D eigenvalue weighted by atomic mass is 10.1. The normalized spacial score (nSPS) is 12.1. The second-order valence-electron chi connectivity index (χ2n) is 2.29. The molecule has 0 aliphatic rings. The SMILES string of the molecule is O=COC(CCl)c1ccccc1. The van der Waals surface area contributed by atoms with Gasteiger partial charge in [0.25, 0.3) is 6.47 Å². The van der Waals surface area contributed by atoms with Gasteiger partial charge in [0.15, 0.2) is 0 Å². The predicted molar refractivity (Wildman–Crippen MR) is 47.1 cm³/mol. The summed E-state index contributed by atoms with van der Waals surface area (Å²) in [5, 5.41) is 0. The summed E-state index contributed by atoms with van der Waals surface area (Å²) in [6, 6.07) is 9.40. The summed E-state index contributed by atoms with van der Waals surface area (Å²) in [6.45, 7) is 0.417. The molecule has 0 N–H and O–H groups in total. The Morgan fingerprint density at radius 3 is 2.58 bits per heavy atom. The zero-order valence-corrected chi connectivity index (χ0v) is 7.20. The molecule has 0 aromatic heterocycles. The van der Waals surface area contributed by atoms with Gasteiger partial charge in [0.05, 0.1) is 5.88 Å². The van der Waals surface area contributed by atoms with Crippen LogP contribution in [-0.2, 0) is 9.53 Å². The molecule has 12 heavy (non-hydrogen) atoms. The van der Waals surface area contributed by atoms with Crippen molar-refractivity contribution in [1.29, 1.82) is 0 Å². The van der Waals surface area contributed by atoms with Gasteiger partial charge in [-0.2, -0.15) is 0 Å². The molecule has 1 aromatic rings. The lowest BCUT2D eigenvalue weighted by molar-refractivity contribution is -0.132. The summed E-state index contributed by atoms with van der Waals surface area (Å²) in [5.41, 5.74) is 0.916. The molecule has 64 valence electrons. The van der Waals surface area contributed by atoms with Gasteiger partial charge in [0, 0.05) is 0 Å². The number of hydrogen-bond donors (Lipinski definition) is 0. The standard InChI is InChI=1S/C9H9ClO2/c10-6-9(12-7-11)8-4-2-1-3-5-8/h1-5,7,9H,6H2. The number of carbonyl (C=O) groups is 1. The maximum absolute atomic E-state index is 10.1. The third-order valence-electron chi connectivity index (χ3n) is 1.53. The minimum atomic E-state index is -0.328. The molecule has 0 radical (unpaired) electrons. The van der Waals surface area contributed by atoms with Crippen LogP contribution in [0.5, 0.6) is 0 Å². The molecule has 0 bridgehead atoms. The van der Waals surface area contributed by atoms with Crippen molar-refractivity contribution in [3.05, 3.63) is 35.9 Å². The molecule has 0 amide bonds. The molecule has 0 aliphatic carbocycles. The molecule has 0 saturated heterocycles. The first-order chi connectivity index (χ1) is 5.88. The van der Waals surface area contributed by atoms with E-state index in [0.29, 0.717) is 6.47 Å². The summed E-state index contributed by atoms with van der Waals surface area (Å²) >= 11 is 5.60. The van der Waals surface area contributed by atoms with E-state index in [9.17, 15) is 4.79 Å². The monoisotopic (exact) mass is 184 g/mol. The zero-order valence-electron chi connectivity index (χ0n) is 6.44. The van der Waals surface area contributed by atoms with Crippen LogP contribution in [0.25, 0.3) is 0 Å². The van der Waals surface area contributed by atoms with Gasteiger partial charge in [0.2, 0.25) is 0 Å². The van der Waals surface area contributed by atoms with E-state index in [2.05, 4.69) is 0 Å². The first-order valence-corrected chi connectivity index (χ1v) is 4.12. The average molecular weight is 185 g/mol. The number of ether oxygens (including phenoxy) is 1. The molecule has 3 heteroatoms. The smallest absolute Gasteiger partial charge is 0.293 e. The minimum Gasteiger partial charge on any atom is -0.458 e. The Morgan fingerprint density at radius 2 is 2.08 bits per heavy atom. The Labute approximate surface area is 76.1 Å². The highest BCUT2D eigenvalue weighted by Gasteiger charge is 2.08. The topological polar surface area (TPSA) is 26.3 Å². The summed E-state index contributed by atoms with van der Waals surface area (Å²) in [7, 11) is 0. The van der Waals surface area contributed by atoms with Crippen LogP contribution in [0.1, 0.15) is 11.7 Å². The second-order valence-corrected chi connectivity index (χ2v) is 2.59. The molecule has 0 spiro atoms. The molecule has 0 heterocycles. The molecule has 1 rings (SSSR count). The van der Waals surface area contributed by atoms with E-state index in [0.717, 1.165) is 5.56 Å². The third-order valence-corrected chi connectivity index (χ3v) is 1.81. The Morgan fingerprint density at radius 1 is 1.42 bits per heavy atom. The Bertz CT molecular complexity index is 236. The highest BCUT2D eigenvalue weighted by atomic mass is 35.5. The summed E-state index contributed by atoms with van der Waals surface area (Å²) < 4.78 is 4.76. The van der Waals surface area contributed by atoms with Crippen molar-refractivity contribution in [2.45, 2.75) is 6.10 Å². The quantitative estimate of drug-likeness (QED) is 0.530. The number of halogens is 1. The predicted octanol–water partition coefficient (Wildman–Crippen LogP) is 2.14. The second kappa shape index (κ2) is 4.78. The Hall–Kier alpha value is -1.02. The number of hydrogen-bond acceptors (Lipinski definition) is 2. The summed E-state index contributed by atoms with van der Waals surface area (Å²) in [6.07, 6.45) is -0.328. The number of rotatable bonds is 4. The Balaban J connectivity index is 2.72. The van der Waals surface area contributed by atoms with Gasteiger partial charge in [-0.05, 0) is 5.56 Å². The summed E-state index contributed by atoms with van der Waals surface area (Å²) in [4.78, 5) is 10.1. The first kappa shape index (κ1) is 9.07. The molecular weight excluding hydrogens is 176 g/mol. The van der Waals surface area contributed by atoms with Crippen LogP contribution in [0, 0.1) is 0 Å². The number of benzene rings is 1. The van der Waals surface area contributed by atoms with E-state index < -0.39 is 0 Å². The fourth-order valence-electron chi connectivity index (χ4n) is 0.939. The summed E-state index contributed by atoms with van der Waals surface area (Å²) in [5.74, 6) is 0.281. The van der Waals surface area contributed by atoms with Gasteiger partial charge in [-0.15, -0.1) is 11.6 Å². The molecule has 2 nitrogen and oxygen atoms in total. The van der Waals surface area contributed by atoms with Crippen molar-refractivity contribution in [2.24, 2.45) is 0 Å². The van der Waals surface area contributed by atoms with Crippen LogP contribution >= 0.6 is 11.6 Å². The van der Waals surface area contributed by atoms with E-state index in [-0.39, 0.29) is 12.0 Å². The average Bonchev–Trinajstić information content (AvgIpc) is 2.15. The van der Waals surface area contributed by atoms with Gasteiger partial charge in [-0.3, -0.25) is 4.79 Å². The molecule has 1 aromatic carbocycles. The van der Waals surface area contributed by atoms with Crippen LogP contribution in [0.3, 0.4) is 0 Å². The van der Waals surface area contributed by atoms with Crippen molar-refractivity contribution >= 4 is 18.1 Å². The van der Waals surface area contributed by atoms with Gasteiger partial charge >= 0.3 is 0 Å². The van der Waals surface area contributed by atoms with Crippen LogP contribution in [0.4, 0.5) is 0 Å². The van der Waals surface area contributed by atoms with E-state index in [1.807, 2.05) is 30.3 Å². The lowest BCUT2D eigenvalue weighted by Gasteiger charge is -2.11. The molecule has 1 atom stereocenters. The highest BCUT2D eigenvalue weighted by Crippen LogP contribution is 2.16. The van der Waals surface area contributed by atoms with Crippen LogP contribution < -0.4 is 0 Å². The van der Waals surface area contributed by atoms with Crippen LogP contribution in [0.15, 0.2) is 30.3 Å². The maximum Gasteiger partial charge on any atom is 0.293 e. The highest BCUT2D eigenvalue weighted by molar-refractivity contribution is 6.18. The van der Waals surface area contributed by atoms with Crippen LogP contribution in [0.2, 0.25) is 0 Å². The van der Waals surface area contributed by atoms with E-state index in [4.69, 9.17) is 16.3 Å². The van der Waals surface area contributed by atoms with Crippen molar-refractivity contribution < 1.29 is 9.53 Å². The van der Waals surface area contributed by atoms with Gasteiger partial charge in [0.1, 0.15) is 6.10 Å². The molecule has 0 saturated carbocycles. The third kappa shape index (κ3) is 2.24. The Kier molecular flexibility index (Phi) is 3.61. The zero-order chi connectivity index (χ0) is 8.81. The van der Waals surface area contributed by atoms with E-state index >= 15 is 0 Å².